The number of hydrogen-bond acceptors (Lipinski definition) is 7. The summed E-state index contributed by atoms with van der Waals surface area (Å²) in [6.45, 7) is -0.283. The third-order valence-corrected chi connectivity index (χ3v) is 3.66. The van der Waals surface area contributed by atoms with Gasteiger partial charge in [-0.15, -0.1) is 0 Å². The summed E-state index contributed by atoms with van der Waals surface area (Å²) in [4.78, 5) is 22.1. The van der Waals surface area contributed by atoms with Gasteiger partial charge in [0.25, 0.3) is 5.56 Å². The van der Waals surface area contributed by atoms with E-state index < -0.39 is 30.2 Å². The Morgan fingerprint density at radius 1 is 1.32 bits per heavy atom. The second-order valence-corrected chi connectivity index (χ2v) is 4.73. The van der Waals surface area contributed by atoms with Crippen LogP contribution in [-0.2, 0) is 0 Å². The summed E-state index contributed by atoms with van der Waals surface area (Å²) in [6, 6.07) is -1.13. The average Bonchev–Trinajstić information content (AvgIpc) is 2.94. The van der Waals surface area contributed by atoms with Gasteiger partial charge in [-0.3, -0.25) is 9.79 Å². The van der Waals surface area contributed by atoms with E-state index in [9.17, 15) is 15.0 Å². The first-order chi connectivity index (χ1) is 9.13. The first-order valence-electron chi connectivity index (χ1n) is 5.98. The van der Waals surface area contributed by atoms with Gasteiger partial charge in [0.15, 0.2) is 0 Å². The zero-order valence-electron chi connectivity index (χ0n) is 9.89. The number of nitrogens with one attached hydrogen (secondary N) is 2. The molecule has 102 valence electrons. The van der Waals surface area contributed by atoms with Crippen molar-refractivity contribution >= 4 is 11.9 Å². The standard InChI is InChI=1S/C11H14N4O4/c16-2-5-9(17)10(18)7(15-5)4-1-12-8-6(4)13-3-14-11(8)19/h1,3-5,7,9-10,15-18H,2H2,(H,13,14,19)/t4?,5-,7+,9-,10+/m1/s1. The molecular formula is C11H14N4O4. The molecule has 3 heterocycles. The number of aliphatic hydroxyl groups excluding tert-OH is 3. The van der Waals surface area contributed by atoms with Gasteiger partial charge in [0, 0.05) is 12.3 Å². The van der Waals surface area contributed by atoms with Crippen LogP contribution in [0.5, 0.6) is 0 Å². The van der Waals surface area contributed by atoms with Crippen molar-refractivity contribution in [2.24, 2.45) is 4.99 Å². The summed E-state index contributed by atoms with van der Waals surface area (Å²) in [7, 11) is 0. The van der Waals surface area contributed by atoms with Crippen LogP contribution < -0.4 is 10.9 Å². The number of aliphatic imine (C=N–C) groups is 1. The number of hydrogen-bond donors (Lipinski definition) is 5. The van der Waals surface area contributed by atoms with E-state index in [4.69, 9.17) is 5.11 Å². The molecular weight excluding hydrogens is 252 g/mol. The number of aliphatic hydroxyl groups is 3. The molecule has 0 saturated carbocycles. The van der Waals surface area contributed by atoms with Gasteiger partial charge < -0.3 is 25.6 Å². The highest BCUT2D eigenvalue weighted by Crippen LogP contribution is 2.33. The zero-order chi connectivity index (χ0) is 13.6. The first kappa shape index (κ1) is 12.4. The van der Waals surface area contributed by atoms with Crippen molar-refractivity contribution in [3.05, 3.63) is 22.4 Å². The Labute approximate surface area is 107 Å². The van der Waals surface area contributed by atoms with Gasteiger partial charge in [-0.05, 0) is 0 Å². The van der Waals surface area contributed by atoms with E-state index in [1.807, 2.05) is 0 Å². The summed E-state index contributed by atoms with van der Waals surface area (Å²) in [5, 5.41) is 31.9. The number of H-pyrrole nitrogens is 1. The first-order valence-corrected chi connectivity index (χ1v) is 5.98. The minimum atomic E-state index is -1.06. The Balaban J connectivity index is 1.93. The number of aromatic nitrogens is 2. The Hall–Kier alpha value is -1.61. The summed E-state index contributed by atoms with van der Waals surface area (Å²) in [5.74, 6) is -0.404. The van der Waals surface area contributed by atoms with Crippen LogP contribution in [-0.4, -0.2) is 62.4 Å². The molecule has 1 aromatic rings. The van der Waals surface area contributed by atoms with Gasteiger partial charge in [-0.25, -0.2) is 4.98 Å². The van der Waals surface area contributed by atoms with E-state index in [2.05, 4.69) is 20.3 Å². The van der Waals surface area contributed by atoms with Crippen LogP contribution >= 0.6 is 0 Å². The van der Waals surface area contributed by atoms with E-state index in [1.165, 1.54) is 12.5 Å². The maximum Gasteiger partial charge on any atom is 0.276 e. The molecule has 1 unspecified atom stereocenters. The van der Waals surface area contributed by atoms with Crippen LogP contribution in [0.2, 0.25) is 0 Å². The van der Waals surface area contributed by atoms with Gasteiger partial charge in [0.1, 0.15) is 5.69 Å². The molecule has 0 radical (unpaired) electrons. The highest BCUT2D eigenvalue weighted by Gasteiger charge is 2.46. The van der Waals surface area contributed by atoms with Crippen LogP contribution in [0, 0.1) is 0 Å². The average molecular weight is 266 g/mol. The normalized spacial score (nSPS) is 36.7. The fourth-order valence-electron chi connectivity index (χ4n) is 2.63. The van der Waals surface area contributed by atoms with Gasteiger partial charge >= 0.3 is 0 Å². The van der Waals surface area contributed by atoms with E-state index >= 15 is 0 Å². The molecule has 0 aliphatic carbocycles. The molecule has 0 bridgehead atoms. The largest absolute Gasteiger partial charge is 0.395 e. The molecule has 1 saturated heterocycles. The number of rotatable bonds is 2. The lowest BCUT2D eigenvalue weighted by molar-refractivity contribution is 0.0189. The maximum atomic E-state index is 11.6. The summed E-state index contributed by atoms with van der Waals surface area (Å²) in [6.07, 6.45) is 0.694. The topological polar surface area (TPSA) is 131 Å². The number of nitrogens with zero attached hydrogens (tertiary/aromatic N) is 2. The smallest absolute Gasteiger partial charge is 0.276 e. The van der Waals surface area contributed by atoms with Gasteiger partial charge in [0.2, 0.25) is 0 Å². The van der Waals surface area contributed by atoms with Crippen LogP contribution in [0.15, 0.2) is 16.1 Å². The molecule has 19 heavy (non-hydrogen) atoms. The Morgan fingerprint density at radius 2 is 2.11 bits per heavy atom. The fourth-order valence-corrected chi connectivity index (χ4v) is 2.63. The third-order valence-electron chi connectivity index (χ3n) is 3.66. The molecule has 0 spiro atoms. The van der Waals surface area contributed by atoms with Crippen LogP contribution in [0.25, 0.3) is 0 Å². The molecule has 2 aliphatic heterocycles. The van der Waals surface area contributed by atoms with Crippen molar-refractivity contribution in [1.29, 1.82) is 0 Å². The minimum absolute atomic E-state index is 0.225. The van der Waals surface area contributed by atoms with Crippen molar-refractivity contribution in [2.45, 2.75) is 30.2 Å². The monoisotopic (exact) mass is 266 g/mol. The van der Waals surface area contributed by atoms with E-state index in [0.29, 0.717) is 5.69 Å². The van der Waals surface area contributed by atoms with E-state index in [-0.39, 0.29) is 17.9 Å². The van der Waals surface area contributed by atoms with Gasteiger partial charge in [-0.1, -0.05) is 0 Å². The van der Waals surface area contributed by atoms with E-state index in [0.717, 1.165) is 0 Å². The predicted molar refractivity (Wildman–Crippen MR) is 65.6 cm³/mol. The van der Waals surface area contributed by atoms with Crippen molar-refractivity contribution in [2.75, 3.05) is 6.61 Å². The second kappa shape index (κ2) is 4.49. The van der Waals surface area contributed by atoms with Crippen LogP contribution in [0.4, 0.5) is 5.69 Å². The Bertz CT molecular complexity index is 572. The van der Waals surface area contributed by atoms with Gasteiger partial charge in [-0.2, -0.15) is 0 Å². The maximum absolute atomic E-state index is 11.6. The lowest BCUT2D eigenvalue weighted by atomic mass is 9.94. The number of fused-ring (bicyclic) bond motifs is 1. The molecule has 8 heteroatoms. The van der Waals surface area contributed by atoms with Crippen LogP contribution in [0.3, 0.4) is 0 Å². The lowest BCUT2D eigenvalue weighted by Crippen LogP contribution is -2.40. The number of aromatic amines is 1. The SMILES string of the molecule is O=c1[nH]cnc2c1N=CC2[C@@H]1N[C@H](CO)[C@@H](O)[C@H]1O. The molecule has 0 amide bonds. The summed E-state index contributed by atoms with van der Waals surface area (Å²) < 4.78 is 0. The highest BCUT2D eigenvalue weighted by molar-refractivity contribution is 5.80. The Kier molecular flexibility index (Phi) is 2.94. The molecule has 5 atom stereocenters. The lowest BCUT2D eigenvalue weighted by Gasteiger charge is -2.20. The molecule has 3 rings (SSSR count). The Morgan fingerprint density at radius 3 is 2.79 bits per heavy atom. The zero-order valence-corrected chi connectivity index (χ0v) is 9.89. The molecule has 1 fully saturated rings. The fraction of sp³-hybridized carbons (Fsp3) is 0.545. The highest BCUT2D eigenvalue weighted by atomic mass is 16.3. The molecule has 5 N–H and O–H groups in total. The molecule has 2 aliphatic rings. The van der Waals surface area contributed by atoms with Gasteiger partial charge in [0.05, 0.1) is 42.8 Å². The third kappa shape index (κ3) is 1.80. The predicted octanol–water partition coefficient (Wildman–Crippen LogP) is -2.38. The molecule has 0 aromatic carbocycles. The quantitative estimate of drug-likeness (QED) is 0.406. The molecule has 8 nitrogen and oxygen atoms in total. The van der Waals surface area contributed by atoms with Crippen molar-refractivity contribution in [3.8, 4) is 0 Å². The minimum Gasteiger partial charge on any atom is -0.395 e. The second-order valence-electron chi connectivity index (χ2n) is 4.73. The van der Waals surface area contributed by atoms with E-state index in [1.54, 1.807) is 0 Å². The summed E-state index contributed by atoms with van der Waals surface area (Å²) >= 11 is 0. The molecule has 1 aromatic heterocycles. The van der Waals surface area contributed by atoms with Crippen molar-refractivity contribution in [3.63, 3.8) is 0 Å². The van der Waals surface area contributed by atoms with Crippen LogP contribution in [0.1, 0.15) is 11.6 Å². The summed E-state index contributed by atoms with van der Waals surface area (Å²) in [5.41, 5.74) is 0.352. The van der Waals surface area contributed by atoms with Crippen molar-refractivity contribution < 1.29 is 15.3 Å². The van der Waals surface area contributed by atoms with Crippen molar-refractivity contribution in [1.82, 2.24) is 15.3 Å².